The van der Waals surface area contributed by atoms with Crippen molar-refractivity contribution >= 4 is 11.7 Å². The van der Waals surface area contributed by atoms with Crippen molar-refractivity contribution in [3.8, 4) is 0 Å². The molecule has 0 saturated heterocycles. The second kappa shape index (κ2) is 5.85. The summed E-state index contributed by atoms with van der Waals surface area (Å²) in [4.78, 5) is 24.2. The van der Waals surface area contributed by atoms with Crippen LogP contribution in [0.25, 0.3) is 0 Å². The average molecular weight is 255 g/mol. The summed E-state index contributed by atoms with van der Waals surface area (Å²) in [6.07, 6.45) is 0.276. The lowest BCUT2D eigenvalue weighted by molar-refractivity contribution is -0.134. The van der Waals surface area contributed by atoms with Crippen LogP contribution >= 0.6 is 0 Å². The van der Waals surface area contributed by atoms with Gasteiger partial charge in [-0.15, -0.1) is 0 Å². The van der Waals surface area contributed by atoms with Crippen LogP contribution in [0.4, 0.5) is 0 Å². The summed E-state index contributed by atoms with van der Waals surface area (Å²) < 4.78 is 0. The molecule has 1 atom stereocenters. The Balaban J connectivity index is 4.83. The van der Waals surface area contributed by atoms with E-state index in [-0.39, 0.29) is 40.9 Å². The van der Waals surface area contributed by atoms with Crippen LogP contribution in [0.15, 0.2) is 0 Å². The third-order valence-electron chi connectivity index (χ3n) is 2.86. The molecule has 0 rings (SSSR count). The topological polar surface area (TPSA) is 46.2 Å². The zero-order valence-corrected chi connectivity index (χ0v) is 13.2. The van der Waals surface area contributed by atoms with Gasteiger partial charge >= 0.3 is 0 Å². The van der Waals surface area contributed by atoms with Crippen molar-refractivity contribution in [3.63, 3.8) is 0 Å². The molecular formula is C15H29NO2. The molecule has 0 aromatic heterocycles. The number of carbonyl (C=O) groups excluding carboxylic acids is 2. The standard InChI is InChI=1S/C15H29NO2/c1-10(2)13(18)11(14(3,4)5)9-12(17)16-15(6,7)8/h10-11H,9H2,1-8H3,(H,16,17)/t11-/m1/s1. The van der Waals surface area contributed by atoms with E-state index in [1.165, 1.54) is 0 Å². The van der Waals surface area contributed by atoms with Gasteiger partial charge in [0, 0.05) is 23.8 Å². The van der Waals surface area contributed by atoms with Crippen molar-refractivity contribution in [2.45, 2.75) is 67.3 Å². The summed E-state index contributed by atoms with van der Waals surface area (Å²) in [5.74, 6) is -0.125. The van der Waals surface area contributed by atoms with Crippen LogP contribution in [-0.4, -0.2) is 17.2 Å². The zero-order chi connectivity index (χ0) is 14.7. The third-order valence-corrected chi connectivity index (χ3v) is 2.86. The lowest BCUT2D eigenvalue weighted by Crippen LogP contribution is -2.44. The van der Waals surface area contributed by atoms with Crippen molar-refractivity contribution in [2.75, 3.05) is 0 Å². The molecule has 0 aromatic rings. The van der Waals surface area contributed by atoms with E-state index in [9.17, 15) is 9.59 Å². The molecule has 0 aliphatic carbocycles. The highest BCUT2D eigenvalue weighted by atomic mass is 16.2. The Labute approximate surface area is 112 Å². The van der Waals surface area contributed by atoms with Gasteiger partial charge < -0.3 is 5.32 Å². The van der Waals surface area contributed by atoms with E-state index in [1.807, 2.05) is 55.4 Å². The molecule has 0 aromatic carbocycles. The quantitative estimate of drug-likeness (QED) is 0.838. The monoisotopic (exact) mass is 255 g/mol. The molecule has 0 heterocycles. The number of Topliss-reactive ketones (excluding diaryl/α,β-unsaturated/α-hetero) is 1. The number of amides is 1. The molecule has 0 spiro atoms. The van der Waals surface area contributed by atoms with Gasteiger partial charge in [-0.05, 0) is 26.2 Å². The highest BCUT2D eigenvalue weighted by Gasteiger charge is 2.34. The smallest absolute Gasteiger partial charge is 0.221 e. The van der Waals surface area contributed by atoms with Crippen molar-refractivity contribution in [2.24, 2.45) is 17.3 Å². The summed E-state index contributed by atoms with van der Waals surface area (Å²) in [7, 11) is 0. The number of rotatable bonds is 4. The summed E-state index contributed by atoms with van der Waals surface area (Å²) in [6, 6.07) is 0. The summed E-state index contributed by atoms with van der Waals surface area (Å²) in [5.41, 5.74) is -0.434. The average Bonchev–Trinajstić information content (AvgIpc) is 2.08. The maximum absolute atomic E-state index is 12.2. The van der Waals surface area contributed by atoms with E-state index in [4.69, 9.17) is 0 Å². The number of carbonyl (C=O) groups is 2. The summed E-state index contributed by atoms with van der Waals surface area (Å²) >= 11 is 0. The van der Waals surface area contributed by atoms with Crippen molar-refractivity contribution < 1.29 is 9.59 Å². The molecule has 0 aliphatic rings. The highest BCUT2D eigenvalue weighted by Crippen LogP contribution is 2.31. The van der Waals surface area contributed by atoms with Gasteiger partial charge in [-0.1, -0.05) is 34.6 Å². The van der Waals surface area contributed by atoms with Crippen LogP contribution < -0.4 is 5.32 Å². The Morgan fingerprint density at radius 2 is 1.44 bits per heavy atom. The Morgan fingerprint density at radius 3 is 1.72 bits per heavy atom. The van der Waals surface area contributed by atoms with Crippen molar-refractivity contribution in [3.05, 3.63) is 0 Å². The molecule has 0 fully saturated rings. The van der Waals surface area contributed by atoms with E-state index in [1.54, 1.807) is 0 Å². The van der Waals surface area contributed by atoms with Gasteiger partial charge in [-0.3, -0.25) is 9.59 Å². The highest BCUT2D eigenvalue weighted by molar-refractivity contribution is 5.88. The van der Waals surface area contributed by atoms with Gasteiger partial charge in [0.1, 0.15) is 5.78 Å². The first kappa shape index (κ1) is 17.1. The molecule has 3 nitrogen and oxygen atoms in total. The van der Waals surface area contributed by atoms with Gasteiger partial charge in [-0.2, -0.15) is 0 Å². The Morgan fingerprint density at radius 1 is 1.00 bits per heavy atom. The number of ketones is 1. The van der Waals surface area contributed by atoms with E-state index in [0.29, 0.717) is 0 Å². The maximum Gasteiger partial charge on any atom is 0.221 e. The van der Waals surface area contributed by atoms with Crippen LogP contribution in [-0.2, 0) is 9.59 Å². The maximum atomic E-state index is 12.2. The lowest BCUT2D eigenvalue weighted by atomic mass is 9.73. The Bertz CT molecular complexity index is 305. The number of nitrogens with one attached hydrogen (secondary N) is 1. The molecule has 1 N–H and O–H groups in total. The van der Waals surface area contributed by atoms with E-state index in [2.05, 4.69) is 5.32 Å². The summed E-state index contributed by atoms with van der Waals surface area (Å²) in [5, 5.41) is 2.92. The van der Waals surface area contributed by atoms with Crippen LogP contribution in [0.1, 0.15) is 61.8 Å². The molecule has 0 bridgehead atoms. The van der Waals surface area contributed by atoms with Gasteiger partial charge in [0.25, 0.3) is 0 Å². The second-order valence-corrected chi connectivity index (χ2v) is 7.48. The van der Waals surface area contributed by atoms with Gasteiger partial charge in [-0.25, -0.2) is 0 Å². The number of hydrogen-bond donors (Lipinski definition) is 1. The number of hydrogen-bond acceptors (Lipinski definition) is 2. The third kappa shape index (κ3) is 6.18. The first-order valence-corrected chi connectivity index (χ1v) is 6.69. The van der Waals surface area contributed by atoms with Crippen LogP contribution in [0.5, 0.6) is 0 Å². The molecule has 0 saturated carbocycles. The normalized spacial score (nSPS) is 14.5. The fraction of sp³-hybridized carbons (Fsp3) is 0.867. The van der Waals surface area contributed by atoms with Gasteiger partial charge in [0.15, 0.2) is 0 Å². The fourth-order valence-electron chi connectivity index (χ4n) is 1.89. The second-order valence-electron chi connectivity index (χ2n) is 7.48. The minimum absolute atomic E-state index is 0.0309. The minimum Gasteiger partial charge on any atom is -0.351 e. The fourth-order valence-corrected chi connectivity index (χ4v) is 1.89. The molecule has 1 amide bonds. The van der Waals surface area contributed by atoms with Crippen LogP contribution in [0.2, 0.25) is 0 Å². The van der Waals surface area contributed by atoms with E-state index in [0.717, 1.165) is 0 Å². The molecule has 3 heteroatoms. The van der Waals surface area contributed by atoms with Crippen LogP contribution in [0.3, 0.4) is 0 Å². The van der Waals surface area contributed by atoms with Gasteiger partial charge in [0.05, 0.1) is 0 Å². The molecule has 0 unspecified atom stereocenters. The molecule has 106 valence electrons. The predicted octanol–water partition coefficient (Wildman–Crippen LogP) is 3.18. The lowest BCUT2D eigenvalue weighted by Gasteiger charge is -2.31. The Kier molecular flexibility index (Phi) is 5.57. The first-order valence-electron chi connectivity index (χ1n) is 6.69. The van der Waals surface area contributed by atoms with Crippen molar-refractivity contribution in [1.82, 2.24) is 5.32 Å². The minimum atomic E-state index is -0.250. The zero-order valence-electron chi connectivity index (χ0n) is 13.2. The van der Waals surface area contributed by atoms with Crippen LogP contribution in [0, 0.1) is 17.3 Å². The molecule has 0 aliphatic heterocycles. The van der Waals surface area contributed by atoms with E-state index >= 15 is 0 Å². The van der Waals surface area contributed by atoms with E-state index < -0.39 is 0 Å². The predicted molar refractivity (Wildman–Crippen MR) is 75.3 cm³/mol. The SMILES string of the molecule is CC(C)C(=O)[C@@H](CC(=O)NC(C)(C)C)C(C)(C)C. The largest absolute Gasteiger partial charge is 0.351 e. The first-order chi connectivity index (χ1) is 7.84. The summed E-state index contributed by atoms with van der Waals surface area (Å²) in [6.45, 7) is 15.7. The van der Waals surface area contributed by atoms with Crippen molar-refractivity contribution in [1.29, 1.82) is 0 Å². The molecule has 0 radical (unpaired) electrons. The molecule has 18 heavy (non-hydrogen) atoms. The molecular weight excluding hydrogens is 226 g/mol. The Hall–Kier alpha value is -0.860. The van der Waals surface area contributed by atoms with Gasteiger partial charge in [0.2, 0.25) is 5.91 Å².